The Bertz CT molecular complexity index is 1630. The maximum atomic E-state index is 13.0. The molecule has 5 atom stereocenters. The first-order valence-electron chi connectivity index (χ1n) is 33.5. The van der Waals surface area contributed by atoms with Crippen molar-refractivity contribution in [3.8, 4) is 0 Å². The van der Waals surface area contributed by atoms with Crippen LogP contribution in [0.1, 0.15) is 318 Å². The summed E-state index contributed by atoms with van der Waals surface area (Å²) in [5.41, 5.74) is 0. The van der Waals surface area contributed by atoms with Gasteiger partial charge in [-0.05, 0) is 37.5 Å². The van der Waals surface area contributed by atoms with E-state index < -0.39 is 97.5 Å². The summed E-state index contributed by atoms with van der Waals surface area (Å²) in [4.78, 5) is 72.1. The van der Waals surface area contributed by atoms with Gasteiger partial charge in [-0.3, -0.25) is 37.3 Å². The first-order valence-corrected chi connectivity index (χ1v) is 36.5. The summed E-state index contributed by atoms with van der Waals surface area (Å²) in [5, 5.41) is 10.5. The number of carbonyl (C=O) groups is 4. The fraction of sp³-hybridized carbons (Fsp3) is 0.938. The number of unbranched alkanes of at least 4 members (excludes halogenated alkanes) is 33. The predicted octanol–water partition coefficient (Wildman–Crippen LogP) is 17.7. The molecular weight excluding hydrogens is 1100 g/mol. The Morgan fingerprint density at radius 3 is 0.819 bits per heavy atom. The third kappa shape index (κ3) is 58.8. The first kappa shape index (κ1) is 81.1. The monoisotopic (exact) mass is 1230 g/mol. The van der Waals surface area contributed by atoms with E-state index in [0.717, 1.165) is 102 Å². The van der Waals surface area contributed by atoms with Crippen molar-refractivity contribution in [1.29, 1.82) is 0 Å². The molecule has 2 unspecified atom stereocenters. The number of esters is 4. The van der Waals surface area contributed by atoms with Gasteiger partial charge in [0.25, 0.3) is 0 Å². The lowest BCUT2D eigenvalue weighted by atomic mass is 10.0. The van der Waals surface area contributed by atoms with Crippen LogP contribution >= 0.6 is 15.6 Å². The van der Waals surface area contributed by atoms with Crippen molar-refractivity contribution in [3.05, 3.63) is 0 Å². The number of phosphoric ester groups is 2. The maximum Gasteiger partial charge on any atom is 0.472 e. The highest BCUT2D eigenvalue weighted by Gasteiger charge is 2.30. The molecule has 0 rings (SSSR count). The van der Waals surface area contributed by atoms with Gasteiger partial charge in [0, 0.05) is 25.7 Å². The minimum Gasteiger partial charge on any atom is -0.462 e. The van der Waals surface area contributed by atoms with Gasteiger partial charge in [0.05, 0.1) is 26.4 Å². The second kappa shape index (κ2) is 56.6. The molecule has 83 heavy (non-hydrogen) atoms. The Balaban J connectivity index is 5.23. The molecule has 17 nitrogen and oxygen atoms in total. The SMILES string of the molecule is CCCCCCCCCCCCCCC(=O)OC[C@H](COP(=O)(O)OC[C@@H](O)COP(=O)(O)OC[C@@H](COC(=O)CCCCCCCCCC)OC(=O)CCCCCCCCCC(C)C)OC(=O)CCCCCCCCCCCCC(C)C. The second-order valence-corrected chi connectivity index (χ2v) is 27.0. The standard InChI is InChI=1S/C64H124O17P2/c1-7-9-11-13-15-17-18-19-23-29-35-41-47-62(67)75-53-59(80-63(68)48-42-36-30-24-21-20-22-26-32-38-44-56(3)4)54-78-82(70,71)76-50-58(65)51-77-83(72,73)79-55-60(52-74-61(66)46-40-34-28-16-14-12-10-8-2)81-64(69)49-43-37-31-25-27-33-39-45-57(5)6/h56-60,65H,7-55H2,1-6H3,(H,70,71)(H,72,73)/t58-,59-,60-/m1/s1. The summed E-state index contributed by atoms with van der Waals surface area (Å²) in [6, 6.07) is 0. The van der Waals surface area contributed by atoms with E-state index in [2.05, 4.69) is 41.5 Å². The molecule has 0 saturated heterocycles. The third-order valence-corrected chi connectivity index (χ3v) is 16.6. The fourth-order valence-corrected chi connectivity index (χ4v) is 11.1. The van der Waals surface area contributed by atoms with Crippen molar-refractivity contribution < 1.29 is 80.2 Å². The van der Waals surface area contributed by atoms with Crippen LogP contribution in [0, 0.1) is 11.8 Å². The van der Waals surface area contributed by atoms with Crippen LogP contribution in [0.2, 0.25) is 0 Å². The second-order valence-electron chi connectivity index (χ2n) is 24.1. The average Bonchev–Trinajstić information content (AvgIpc) is 3.44. The molecule has 0 bridgehead atoms. The molecule has 0 aromatic carbocycles. The summed E-state index contributed by atoms with van der Waals surface area (Å²) in [6.07, 6.45) is 39.0. The quantitative estimate of drug-likeness (QED) is 0.0222. The molecule has 0 aliphatic rings. The number of carbonyl (C=O) groups excluding carboxylic acids is 4. The van der Waals surface area contributed by atoms with E-state index in [1.807, 2.05) is 0 Å². The van der Waals surface area contributed by atoms with Gasteiger partial charge < -0.3 is 33.8 Å². The maximum absolute atomic E-state index is 13.0. The van der Waals surface area contributed by atoms with E-state index >= 15 is 0 Å². The normalized spacial score (nSPS) is 14.3. The van der Waals surface area contributed by atoms with Crippen molar-refractivity contribution in [2.45, 2.75) is 336 Å². The van der Waals surface area contributed by atoms with Gasteiger partial charge in [0.15, 0.2) is 12.2 Å². The van der Waals surface area contributed by atoms with Crippen molar-refractivity contribution in [1.82, 2.24) is 0 Å². The molecule has 19 heteroatoms. The number of aliphatic hydroxyl groups is 1. The Kier molecular flexibility index (Phi) is 55.2. The van der Waals surface area contributed by atoms with Crippen LogP contribution in [0.3, 0.4) is 0 Å². The van der Waals surface area contributed by atoms with E-state index in [1.165, 1.54) is 128 Å². The summed E-state index contributed by atoms with van der Waals surface area (Å²) in [6.45, 7) is 9.40. The molecule has 0 aliphatic carbocycles. The van der Waals surface area contributed by atoms with E-state index in [0.29, 0.717) is 31.6 Å². The van der Waals surface area contributed by atoms with Crippen molar-refractivity contribution >= 4 is 39.5 Å². The number of ether oxygens (including phenoxy) is 4. The van der Waals surface area contributed by atoms with Crippen molar-refractivity contribution in [3.63, 3.8) is 0 Å². The van der Waals surface area contributed by atoms with Crippen LogP contribution in [-0.2, 0) is 65.4 Å². The zero-order chi connectivity index (χ0) is 61.5. The fourth-order valence-electron chi connectivity index (χ4n) is 9.53. The van der Waals surface area contributed by atoms with Crippen LogP contribution in [0.4, 0.5) is 0 Å². The van der Waals surface area contributed by atoms with E-state index in [4.69, 9.17) is 37.0 Å². The molecule has 0 aromatic heterocycles. The van der Waals surface area contributed by atoms with Gasteiger partial charge in [0.1, 0.15) is 19.3 Å². The predicted molar refractivity (Wildman–Crippen MR) is 331 cm³/mol. The molecule has 0 radical (unpaired) electrons. The van der Waals surface area contributed by atoms with Gasteiger partial charge in [-0.15, -0.1) is 0 Å². The molecule has 0 spiro atoms. The zero-order valence-corrected chi connectivity index (χ0v) is 55.3. The van der Waals surface area contributed by atoms with Gasteiger partial charge in [-0.25, -0.2) is 9.13 Å². The molecular formula is C64H124O17P2. The molecule has 0 fully saturated rings. The smallest absolute Gasteiger partial charge is 0.462 e. The summed E-state index contributed by atoms with van der Waals surface area (Å²) >= 11 is 0. The van der Waals surface area contributed by atoms with Crippen LogP contribution in [-0.4, -0.2) is 96.7 Å². The van der Waals surface area contributed by atoms with Crippen LogP contribution in [0.15, 0.2) is 0 Å². The Morgan fingerprint density at radius 2 is 0.554 bits per heavy atom. The van der Waals surface area contributed by atoms with Crippen LogP contribution in [0.5, 0.6) is 0 Å². The van der Waals surface area contributed by atoms with Gasteiger partial charge in [0.2, 0.25) is 0 Å². The van der Waals surface area contributed by atoms with Crippen molar-refractivity contribution in [2.24, 2.45) is 11.8 Å². The van der Waals surface area contributed by atoms with Crippen molar-refractivity contribution in [2.75, 3.05) is 39.6 Å². The van der Waals surface area contributed by atoms with Gasteiger partial charge in [-0.1, -0.05) is 266 Å². The lowest BCUT2D eigenvalue weighted by molar-refractivity contribution is -0.161. The third-order valence-electron chi connectivity index (χ3n) is 14.7. The Morgan fingerprint density at radius 1 is 0.325 bits per heavy atom. The van der Waals surface area contributed by atoms with E-state index in [-0.39, 0.29) is 25.7 Å². The lowest BCUT2D eigenvalue weighted by Gasteiger charge is -2.21. The number of rotatable bonds is 63. The highest BCUT2D eigenvalue weighted by molar-refractivity contribution is 7.47. The summed E-state index contributed by atoms with van der Waals surface area (Å²) < 4.78 is 67.9. The lowest BCUT2D eigenvalue weighted by Crippen LogP contribution is -2.30. The van der Waals surface area contributed by atoms with E-state index in [9.17, 15) is 43.2 Å². The first-order chi connectivity index (χ1) is 39.9. The molecule has 3 N–H and O–H groups in total. The molecule has 0 saturated carbocycles. The minimum atomic E-state index is -4.94. The number of phosphoric acid groups is 2. The molecule has 0 aliphatic heterocycles. The van der Waals surface area contributed by atoms with Crippen LogP contribution in [0.25, 0.3) is 0 Å². The highest BCUT2D eigenvalue weighted by Crippen LogP contribution is 2.45. The molecule has 0 aromatic rings. The molecule has 0 heterocycles. The number of hydrogen-bond donors (Lipinski definition) is 3. The van der Waals surface area contributed by atoms with Crippen LogP contribution < -0.4 is 0 Å². The largest absolute Gasteiger partial charge is 0.472 e. The summed E-state index contributed by atoms with van der Waals surface area (Å²) in [5.74, 6) is -0.689. The summed E-state index contributed by atoms with van der Waals surface area (Å²) in [7, 11) is -9.88. The van der Waals surface area contributed by atoms with Gasteiger partial charge in [-0.2, -0.15) is 0 Å². The Hall–Kier alpha value is -1.94. The van der Waals surface area contributed by atoms with Gasteiger partial charge >= 0.3 is 39.5 Å². The zero-order valence-electron chi connectivity index (χ0n) is 53.5. The topological polar surface area (TPSA) is 237 Å². The Labute approximate surface area is 505 Å². The van der Waals surface area contributed by atoms with E-state index in [1.54, 1.807) is 0 Å². The minimum absolute atomic E-state index is 0.103. The number of hydrogen-bond acceptors (Lipinski definition) is 15. The highest BCUT2D eigenvalue weighted by atomic mass is 31.2. The molecule has 0 amide bonds. The average molecular weight is 1230 g/mol. The molecule has 492 valence electrons. The number of aliphatic hydroxyl groups excluding tert-OH is 1.